The second-order valence-electron chi connectivity index (χ2n) is 7.01. The van der Waals surface area contributed by atoms with Crippen LogP contribution in [0, 0.1) is 0 Å². The average Bonchev–Trinajstić information content (AvgIpc) is 2.64. The number of rotatable bonds is 15. The minimum atomic E-state index is 0.136. The Morgan fingerprint density at radius 1 is 1.00 bits per heavy atom. The van der Waals surface area contributed by atoms with Crippen molar-refractivity contribution >= 4 is 5.78 Å². The molecule has 0 saturated heterocycles. The number of methoxy groups -OCH3 is 1. The molecule has 0 unspecified atom stereocenters. The van der Waals surface area contributed by atoms with Crippen molar-refractivity contribution in [2.75, 3.05) is 7.11 Å². The number of carbonyl (C=O) groups is 1. The number of ketones is 1. The van der Waals surface area contributed by atoms with E-state index in [4.69, 9.17) is 4.74 Å². The van der Waals surface area contributed by atoms with Crippen molar-refractivity contribution in [1.29, 1.82) is 0 Å². The predicted octanol–water partition coefficient (Wildman–Crippen LogP) is 6.38. The summed E-state index contributed by atoms with van der Waals surface area (Å²) in [4.78, 5) is 11.9. The molecule has 26 heavy (non-hydrogen) atoms. The molecule has 0 aliphatic heterocycles. The highest BCUT2D eigenvalue weighted by molar-refractivity contribution is 5.89. The van der Waals surface area contributed by atoms with Crippen molar-refractivity contribution in [3.63, 3.8) is 0 Å². The number of ether oxygens (including phenoxy) is 1. The Balaban J connectivity index is 2.07. The molecule has 3 heteroatoms. The smallest absolute Gasteiger partial charge is 0.160 e. The number of phenolic OH excluding ortho intramolecular Hbond substituents is 1. The van der Waals surface area contributed by atoms with E-state index in [0.29, 0.717) is 18.6 Å². The summed E-state index contributed by atoms with van der Waals surface area (Å²) in [5.74, 6) is 0.806. The van der Waals surface area contributed by atoms with E-state index in [2.05, 4.69) is 6.92 Å². The third kappa shape index (κ3) is 10.3. The minimum Gasteiger partial charge on any atom is -0.504 e. The number of unbranched alkanes of at least 4 members (excludes halogenated alkanes) is 9. The number of aromatic hydroxyl groups is 1. The minimum absolute atomic E-state index is 0.136. The van der Waals surface area contributed by atoms with Crippen molar-refractivity contribution in [3.8, 4) is 11.5 Å². The number of hydrogen-bond acceptors (Lipinski definition) is 3. The summed E-state index contributed by atoms with van der Waals surface area (Å²) in [6.45, 7) is 2.25. The third-order valence-corrected chi connectivity index (χ3v) is 4.68. The molecule has 146 valence electrons. The summed E-state index contributed by atoms with van der Waals surface area (Å²) in [6, 6.07) is 5.26. The molecule has 0 aromatic heterocycles. The summed E-state index contributed by atoms with van der Waals surface area (Å²) >= 11 is 0. The van der Waals surface area contributed by atoms with Crippen LogP contribution in [0.2, 0.25) is 0 Å². The van der Waals surface area contributed by atoms with Gasteiger partial charge >= 0.3 is 0 Å². The van der Waals surface area contributed by atoms with Gasteiger partial charge in [-0.3, -0.25) is 4.79 Å². The summed E-state index contributed by atoms with van der Waals surface area (Å²) in [5.41, 5.74) is 1.02. The SMILES string of the molecule is CCCCCCCCCCCCC(=O)C=CCc1ccc(O)c(OC)c1. The molecule has 0 spiro atoms. The van der Waals surface area contributed by atoms with Gasteiger partial charge in [0.05, 0.1) is 7.11 Å². The molecule has 1 rings (SSSR count). The van der Waals surface area contributed by atoms with Gasteiger partial charge < -0.3 is 9.84 Å². The summed E-state index contributed by atoms with van der Waals surface area (Å²) in [5, 5.41) is 9.57. The van der Waals surface area contributed by atoms with Crippen LogP contribution in [0.3, 0.4) is 0 Å². The van der Waals surface area contributed by atoms with Crippen molar-refractivity contribution in [1.82, 2.24) is 0 Å². The Morgan fingerprint density at radius 3 is 2.23 bits per heavy atom. The van der Waals surface area contributed by atoms with Gasteiger partial charge in [0.1, 0.15) is 0 Å². The zero-order valence-electron chi connectivity index (χ0n) is 16.6. The van der Waals surface area contributed by atoms with Crippen LogP contribution in [0.25, 0.3) is 0 Å². The van der Waals surface area contributed by atoms with Gasteiger partial charge in [0.2, 0.25) is 0 Å². The molecule has 1 aromatic carbocycles. The molecular formula is C23H36O3. The summed E-state index contributed by atoms with van der Waals surface area (Å²) in [6.07, 6.45) is 17.7. The maximum Gasteiger partial charge on any atom is 0.160 e. The lowest BCUT2D eigenvalue weighted by Gasteiger charge is -2.04. The van der Waals surface area contributed by atoms with Gasteiger partial charge in [-0.25, -0.2) is 0 Å². The standard InChI is InChI=1S/C23H36O3/c1-3-4-5-6-7-8-9-10-11-12-15-21(24)16-13-14-20-17-18-22(25)23(19-20)26-2/h13,16-19,25H,3-12,14-15H2,1-2H3. The summed E-state index contributed by atoms with van der Waals surface area (Å²) < 4.78 is 5.09. The first kappa shape index (κ1) is 22.3. The fourth-order valence-corrected chi connectivity index (χ4v) is 3.05. The molecule has 3 nitrogen and oxygen atoms in total. The first-order valence-corrected chi connectivity index (χ1v) is 10.2. The van der Waals surface area contributed by atoms with Crippen LogP contribution in [0.1, 0.15) is 83.1 Å². The molecule has 0 saturated carbocycles. The highest BCUT2D eigenvalue weighted by atomic mass is 16.5. The highest BCUT2D eigenvalue weighted by Gasteiger charge is 2.02. The maximum absolute atomic E-state index is 11.9. The van der Waals surface area contributed by atoms with E-state index in [-0.39, 0.29) is 11.5 Å². The maximum atomic E-state index is 11.9. The average molecular weight is 361 g/mol. The van der Waals surface area contributed by atoms with Crippen LogP contribution >= 0.6 is 0 Å². The quantitative estimate of drug-likeness (QED) is 0.291. The lowest BCUT2D eigenvalue weighted by atomic mass is 10.0. The number of benzene rings is 1. The van der Waals surface area contributed by atoms with Gasteiger partial charge in [0, 0.05) is 6.42 Å². The van der Waals surface area contributed by atoms with Crippen LogP contribution in [-0.2, 0) is 11.2 Å². The Kier molecular flexibility index (Phi) is 12.3. The molecule has 1 aromatic rings. The van der Waals surface area contributed by atoms with Gasteiger partial charge in [-0.2, -0.15) is 0 Å². The van der Waals surface area contributed by atoms with Gasteiger partial charge in [-0.05, 0) is 36.6 Å². The Labute approximate surface area is 159 Å². The lowest BCUT2D eigenvalue weighted by Crippen LogP contribution is -1.93. The molecule has 0 aliphatic carbocycles. The topological polar surface area (TPSA) is 46.5 Å². The fraction of sp³-hybridized carbons (Fsp3) is 0.609. The van der Waals surface area contributed by atoms with Crippen molar-refractivity contribution in [2.45, 2.75) is 84.0 Å². The first-order valence-electron chi connectivity index (χ1n) is 10.2. The van der Waals surface area contributed by atoms with E-state index in [9.17, 15) is 9.90 Å². The van der Waals surface area contributed by atoms with E-state index in [1.54, 1.807) is 18.2 Å². The monoisotopic (exact) mass is 360 g/mol. The third-order valence-electron chi connectivity index (χ3n) is 4.68. The van der Waals surface area contributed by atoms with Crippen LogP contribution in [-0.4, -0.2) is 18.0 Å². The predicted molar refractivity (Wildman–Crippen MR) is 109 cm³/mol. The second kappa shape index (κ2) is 14.4. The molecule has 0 fully saturated rings. The number of allylic oxidation sites excluding steroid dienone is 2. The van der Waals surface area contributed by atoms with E-state index in [1.165, 1.54) is 58.5 Å². The molecule has 0 radical (unpaired) electrons. The Hall–Kier alpha value is -1.77. The van der Waals surface area contributed by atoms with Gasteiger partial charge in [-0.15, -0.1) is 0 Å². The normalized spacial score (nSPS) is 11.2. The lowest BCUT2D eigenvalue weighted by molar-refractivity contribution is -0.114. The largest absolute Gasteiger partial charge is 0.504 e. The summed E-state index contributed by atoms with van der Waals surface area (Å²) in [7, 11) is 1.53. The van der Waals surface area contributed by atoms with Crippen molar-refractivity contribution in [2.24, 2.45) is 0 Å². The Morgan fingerprint density at radius 2 is 1.62 bits per heavy atom. The Bertz CT molecular complexity index is 534. The van der Waals surface area contributed by atoms with E-state index < -0.39 is 0 Å². The van der Waals surface area contributed by atoms with E-state index in [1.807, 2.05) is 12.1 Å². The molecule has 0 bridgehead atoms. The van der Waals surface area contributed by atoms with Crippen LogP contribution in [0.5, 0.6) is 11.5 Å². The highest BCUT2D eigenvalue weighted by Crippen LogP contribution is 2.26. The molecule has 0 aliphatic rings. The molecule has 0 heterocycles. The van der Waals surface area contributed by atoms with Crippen molar-refractivity contribution < 1.29 is 14.6 Å². The van der Waals surface area contributed by atoms with Crippen LogP contribution in [0.4, 0.5) is 0 Å². The molecular weight excluding hydrogens is 324 g/mol. The second-order valence-corrected chi connectivity index (χ2v) is 7.01. The number of phenols is 1. The zero-order valence-corrected chi connectivity index (χ0v) is 16.6. The van der Waals surface area contributed by atoms with Gasteiger partial charge in [0.25, 0.3) is 0 Å². The molecule has 1 N–H and O–H groups in total. The molecule has 0 amide bonds. The van der Waals surface area contributed by atoms with E-state index >= 15 is 0 Å². The van der Waals surface area contributed by atoms with Crippen molar-refractivity contribution in [3.05, 3.63) is 35.9 Å². The van der Waals surface area contributed by atoms with Crippen LogP contribution in [0.15, 0.2) is 30.4 Å². The van der Waals surface area contributed by atoms with E-state index in [0.717, 1.165) is 18.4 Å². The van der Waals surface area contributed by atoms with Gasteiger partial charge in [-0.1, -0.05) is 76.9 Å². The molecule has 0 atom stereocenters. The van der Waals surface area contributed by atoms with Crippen LogP contribution < -0.4 is 4.74 Å². The fourth-order valence-electron chi connectivity index (χ4n) is 3.05. The first-order chi connectivity index (χ1) is 12.7. The van der Waals surface area contributed by atoms with Gasteiger partial charge in [0.15, 0.2) is 17.3 Å². The number of carbonyl (C=O) groups excluding carboxylic acids is 1. The zero-order chi connectivity index (χ0) is 19.0. The number of hydrogen-bond donors (Lipinski definition) is 1.